The van der Waals surface area contributed by atoms with Gasteiger partial charge in [-0.25, -0.2) is 4.98 Å². The molecule has 21 heavy (non-hydrogen) atoms. The van der Waals surface area contributed by atoms with Gasteiger partial charge in [-0.3, -0.25) is 9.48 Å². The van der Waals surface area contributed by atoms with E-state index < -0.39 is 0 Å². The van der Waals surface area contributed by atoms with Crippen molar-refractivity contribution in [3.05, 3.63) is 22.8 Å². The summed E-state index contributed by atoms with van der Waals surface area (Å²) in [5, 5.41) is 10.9. The van der Waals surface area contributed by atoms with Gasteiger partial charge in [-0.15, -0.1) is 0 Å². The molecule has 0 saturated heterocycles. The van der Waals surface area contributed by atoms with Crippen LogP contribution in [0.1, 0.15) is 28.2 Å². The molecule has 4 N–H and O–H groups in total. The minimum Gasteiger partial charge on any atom is -0.382 e. The van der Waals surface area contributed by atoms with Gasteiger partial charge in [0, 0.05) is 37.9 Å². The van der Waals surface area contributed by atoms with Gasteiger partial charge in [0.15, 0.2) is 5.13 Å². The molecule has 1 aliphatic rings. The van der Waals surface area contributed by atoms with Crippen LogP contribution in [0.5, 0.6) is 0 Å². The van der Waals surface area contributed by atoms with E-state index in [2.05, 4.69) is 20.7 Å². The van der Waals surface area contributed by atoms with Crippen molar-refractivity contribution in [2.45, 2.75) is 25.3 Å². The van der Waals surface area contributed by atoms with Crippen LogP contribution in [0.4, 0.5) is 10.9 Å². The Labute approximate surface area is 126 Å². The highest BCUT2D eigenvalue weighted by Crippen LogP contribution is 2.30. The van der Waals surface area contributed by atoms with Crippen LogP contribution in [-0.4, -0.2) is 33.3 Å². The summed E-state index contributed by atoms with van der Waals surface area (Å²) in [4.78, 5) is 16.8. The van der Waals surface area contributed by atoms with Crippen LogP contribution in [0.3, 0.4) is 0 Å². The number of nitrogens with one attached hydrogen (secondary N) is 2. The van der Waals surface area contributed by atoms with Crippen LogP contribution in [0.25, 0.3) is 0 Å². The lowest BCUT2D eigenvalue weighted by Gasteiger charge is -2.04. The molecule has 2 aromatic rings. The standard InChI is InChI=1S/C13H18N6OS/c1-19-9(5-7-16-19)4-6-15-12(20)10-11(14)18-13(21-10)17-8-2-3-8/h5,7-8H,2-4,6,14H2,1H3,(H,15,20)(H,17,18). The first kappa shape index (κ1) is 13.9. The molecular weight excluding hydrogens is 288 g/mol. The Hall–Kier alpha value is -2.09. The number of nitrogens with two attached hydrogens (primary N) is 1. The van der Waals surface area contributed by atoms with Crippen molar-refractivity contribution >= 4 is 28.2 Å². The number of anilines is 2. The molecule has 0 aliphatic heterocycles. The fraction of sp³-hybridized carbons (Fsp3) is 0.462. The number of hydrogen-bond donors (Lipinski definition) is 3. The molecule has 0 unspecified atom stereocenters. The second-order valence-corrected chi connectivity index (χ2v) is 6.10. The molecular formula is C13H18N6OS. The zero-order valence-electron chi connectivity index (χ0n) is 11.8. The average molecular weight is 306 g/mol. The molecule has 1 aliphatic carbocycles. The van der Waals surface area contributed by atoms with Gasteiger partial charge in [0.25, 0.3) is 5.91 Å². The minimum absolute atomic E-state index is 0.170. The van der Waals surface area contributed by atoms with E-state index in [9.17, 15) is 4.79 Å². The second kappa shape index (κ2) is 5.72. The van der Waals surface area contributed by atoms with Crippen LogP contribution in [0, 0.1) is 0 Å². The van der Waals surface area contributed by atoms with Crippen molar-refractivity contribution < 1.29 is 4.79 Å². The smallest absolute Gasteiger partial charge is 0.265 e. The summed E-state index contributed by atoms with van der Waals surface area (Å²) >= 11 is 1.31. The Kier molecular flexibility index (Phi) is 3.78. The SMILES string of the molecule is Cn1nccc1CCNC(=O)c1sc(NC2CC2)nc1N. The van der Waals surface area contributed by atoms with E-state index in [0.29, 0.717) is 23.3 Å². The zero-order valence-corrected chi connectivity index (χ0v) is 12.6. The molecule has 7 nitrogen and oxygen atoms in total. The summed E-state index contributed by atoms with van der Waals surface area (Å²) in [5.41, 5.74) is 6.89. The Morgan fingerprint density at radius 3 is 3.05 bits per heavy atom. The molecule has 1 amide bonds. The second-order valence-electron chi connectivity index (χ2n) is 5.10. The van der Waals surface area contributed by atoms with E-state index in [1.165, 1.54) is 11.3 Å². The summed E-state index contributed by atoms with van der Waals surface area (Å²) < 4.78 is 1.80. The fourth-order valence-corrected chi connectivity index (χ4v) is 2.87. The topological polar surface area (TPSA) is 97.9 Å². The number of carbonyl (C=O) groups excluding carboxylic acids is 1. The van der Waals surface area contributed by atoms with Crippen LogP contribution in [0.15, 0.2) is 12.3 Å². The van der Waals surface area contributed by atoms with Crippen molar-refractivity contribution in [1.82, 2.24) is 20.1 Å². The lowest BCUT2D eigenvalue weighted by Crippen LogP contribution is -2.26. The van der Waals surface area contributed by atoms with Gasteiger partial charge < -0.3 is 16.4 Å². The monoisotopic (exact) mass is 306 g/mol. The van der Waals surface area contributed by atoms with Gasteiger partial charge in [-0.05, 0) is 18.9 Å². The molecule has 112 valence electrons. The number of aryl methyl sites for hydroxylation is 1. The summed E-state index contributed by atoms with van der Waals surface area (Å²) in [6.07, 6.45) is 4.79. The summed E-state index contributed by atoms with van der Waals surface area (Å²) in [5.74, 6) is 0.122. The summed E-state index contributed by atoms with van der Waals surface area (Å²) in [7, 11) is 1.88. The molecule has 0 aromatic carbocycles. The van der Waals surface area contributed by atoms with Gasteiger partial charge in [-0.2, -0.15) is 5.10 Å². The Bertz CT molecular complexity index is 645. The van der Waals surface area contributed by atoms with Gasteiger partial charge in [-0.1, -0.05) is 11.3 Å². The van der Waals surface area contributed by atoms with Gasteiger partial charge in [0.05, 0.1) is 0 Å². The maximum absolute atomic E-state index is 12.1. The molecule has 0 radical (unpaired) electrons. The number of amides is 1. The van der Waals surface area contributed by atoms with Crippen molar-refractivity contribution in [3.63, 3.8) is 0 Å². The van der Waals surface area contributed by atoms with Crippen LogP contribution in [0.2, 0.25) is 0 Å². The van der Waals surface area contributed by atoms with Crippen molar-refractivity contribution in [3.8, 4) is 0 Å². The van der Waals surface area contributed by atoms with E-state index in [1.54, 1.807) is 10.9 Å². The van der Waals surface area contributed by atoms with Crippen LogP contribution in [-0.2, 0) is 13.5 Å². The highest BCUT2D eigenvalue weighted by molar-refractivity contribution is 7.18. The van der Waals surface area contributed by atoms with E-state index in [-0.39, 0.29) is 5.91 Å². The molecule has 2 heterocycles. The first-order chi connectivity index (χ1) is 10.1. The normalized spacial score (nSPS) is 14.1. The zero-order chi connectivity index (χ0) is 14.8. The number of nitrogens with zero attached hydrogens (tertiary/aromatic N) is 3. The third-order valence-corrected chi connectivity index (χ3v) is 4.35. The Balaban J connectivity index is 1.54. The molecule has 0 bridgehead atoms. The van der Waals surface area contributed by atoms with Crippen molar-refractivity contribution in [2.24, 2.45) is 7.05 Å². The maximum atomic E-state index is 12.1. The van der Waals surface area contributed by atoms with Crippen molar-refractivity contribution in [1.29, 1.82) is 0 Å². The number of aromatic nitrogens is 3. The first-order valence-corrected chi connectivity index (χ1v) is 7.73. The number of hydrogen-bond acceptors (Lipinski definition) is 6. The van der Waals surface area contributed by atoms with Gasteiger partial charge in [0.2, 0.25) is 0 Å². The largest absolute Gasteiger partial charge is 0.382 e. The number of carbonyl (C=O) groups is 1. The number of thiazole rings is 1. The maximum Gasteiger partial charge on any atom is 0.265 e. The van der Waals surface area contributed by atoms with Crippen molar-refractivity contribution in [2.75, 3.05) is 17.6 Å². The molecule has 3 rings (SSSR count). The van der Waals surface area contributed by atoms with Gasteiger partial charge >= 0.3 is 0 Å². The third kappa shape index (κ3) is 3.33. The molecule has 2 aromatic heterocycles. The predicted molar refractivity (Wildman–Crippen MR) is 82.4 cm³/mol. The van der Waals surface area contributed by atoms with E-state index >= 15 is 0 Å². The van der Waals surface area contributed by atoms with E-state index in [4.69, 9.17) is 5.73 Å². The lowest BCUT2D eigenvalue weighted by molar-refractivity contribution is 0.0958. The average Bonchev–Trinajstić information content (AvgIpc) is 3.05. The quantitative estimate of drug-likeness (QED) is 0.740. The summed E-state index contributed by atoms with van der Waals surface area (Å²) in [6.45, 7) is 0.543. The van der Waals surface area contributed by atoms with E-state index in [1.807, 2.05) is 13.1 Å². The highest BCUT2D eigenvalue weighted by Gasteiger charge is 2.24. The van der Waals surface area contributed by atoms with Crippen LogP contribution < -0.4 is 16.4 Å². The van der Waals surface area contributed by atoms with E-state index in [0.717, 1.165) is 30.1 Å². The molecule has 0 atom stereocenters. The Morgan fingerprint density at radius 2 is 2.38 bits per heavy atom. The lowest BCUT2D eigenvalue weighted by atomic mass is 10.3. The fourth-order valence-electron chi connectivity index (χ4n) is 1.99. The predicted octanol–water partition coefficient (Wildman–Crippen LogP) is 1.01. The molecule has 8 heteroatoms. The first-order valence-electron chi connectivity index (χ1n) is 6.91. The number of nitrogen functional groups attached to an aromatic ring is 1. The molecule has 1 saturated carbocycles. The highest BCUT2D eigenvalue weighted by atomic mass is 32.1. The minimum atomic E-state index is -0.170. The summed E-state index contributed by atoms with van der Waals surface area (Å²) in [6, 6.07) is 2.43. The number of rotatable bonds is 6. The molecule has 1 fully saturated rings. The van der Waals surface area contributed by atoms with Gasteiger partial charge in [0.1, 0.15) is 10.7 Å². The molecule has 0 spiro atoms. The Morgan fingerprint density at radius 1 is 1.57 bits per heavy atom. The van der Waals surface area contributed by atoms with Crippen LogP contribution >= 0.6 is 11.3 Å². The third-order valence-electron chi connectivity index (χ3n) is 3.35.